The van der Waals surface area contributed by atoms with Crippen molar-refractivity contribution in [2.45, 2.75) is 40.0 Å². The number of esters is 1. The van der Waals surface area contributed by atoms with E-state index in [4.69, 9.17) is 4.74 Å². The van der Waals surface area contributed by atoms with Crippen molar-refractivity contribution < 1.29 is 9.53 Å². The molecule has 0 unspecified atom stereocenters. The highest BCUT2D eigenvalue weighted by atomic mass is 32.1. The van der Waals surface area contributed by atoms with E-state index in [0.717, 1.165) is 30.0 Å². The summed E-state index contributed by atoms with van der Waals surface area (Å²) in [6.45, 7) is 9.34. The fraction of sp³-hybridized carbons (Fsp3) is 0.409. The molecule has 30 heavy (non-hydrogen) atoms. The van der Waals surface area contributed by atoms with Crippen molar-refractivity contribution in [3.63, 3.8) is 0 Å². The molecule has 8 heteroatoms. The van der Waals surface area contributed by atoms with Gasteiger partial charge in [-0.15, -0.1) is 11.3 Å². The zero-order chi connectivity index (χ0) is 22.1. The first-order valence-corrected chi connectivity index (χ1v) is 10.8. The Morgan fingerprint density at radius 3 is 2.37 bits per heavy atom. The molecule has 0 aliphatic heterocycles. The largest absolute Gasteiger partial charge is 0.440 e. The second-order valence-electron chi connectivity index (χ2n) is 7.56. The second kappa shape index (κ2) is 8.57. The summed E-state index contributed by atoms with van der Waals surface area (Å²) in [7, 11) is 1.61. The molecule has 0 amide bonds. The quantitative estimate of drug-likeness (QED) is 0.426. The van der Waals surface area contributed by atoms with Gasteiger partial charge in [-0.05, 0) is 38.6 Å². The summed E-state index contributed by atoms with van der Waals surface area (Å²) in [5.41, 5.74) is -0.750. The number of carbonyl (C=O) groups excluding carboxylic acids is 1. The average Bonchev–Trinajstić information content (AvgIpc) is 3.17. The highest BCUT2D eigenvalue weighted by Gasteiger charge is 2.30. The van der Waals surface area contributed by atoms with Crippen LogP contribution in [0, 0.1) is 0 Å². The maximum absolute atomic E-state index is 13.0. The van der Waals surface area contributed by atoms with Gasteiger partial charge in [0.2, 0.25) is 0 Å². The van der Waals surface area contributed by atoms with Crippen molar-refractivity contribution in [2.24, 2.45) is 7.05 Å². The third kappa shape index (κ3) is 4.11. The van der Waals surface area contributed by atoms with Gasteiger partial charge in [0, 0.05) is 7.05 Å². The van der Waals surface area contributed by atoms with E-state index in [0.29, 0.717) is 15.1 Å². The Labute approximate surface area is 179 Å². The number of fused-ring (bicyclic) bond motifs is 1. The molecule has 3 aromatic rings. The topological polar surface area (TPSA) is 73.5 Å². The molecule has 0 saturated carbocycles. The number of thiophene rings is 1. The standard InChI is InChI=1S/C22H27N3O4S/c1-6-24(7-2)22(3,4)29-20(27)17-13-16-18(26)25(14-15-11-9-8-10-12-15)21(28)23(5)19(16)30-17/h8-13H,6-7,14H2,1-5H3. The van der Waals surface area contributed by atoms with Gasteiger partial charge in [0.25, 0.3) is 5.56 Å². The molecule has 0 atom stereocenters. The van der Waals surface area contributed by atoms with E-state index in [1.54, 1.807) is 7.05 Å². The first-order chi connectivity index (χ1) is 14.2. The van der Waals surface area contributed by atoms with Crippen LogP contribution < -0.4 is 11.2 Å². The van der Waals surface area contributed by atoms with Gasteiger partial charge in [-0.3, -0.25) is 18.8 Å². The normalized spacial score (nSPS) is 11.9. The molecule has 0 spiro atoms. The molecule has 0 N–H and O–H groups in total. The molecule has 0 aliphatic rings. The van der Waals surface area contributed by atoms with E-state index >= 15 is 0 Å². The smallest absolute Gasteiger partial charge is 0.350 e. The molecule has 0 radical (unpaired) electrons. The van der Waals surface area contributed by atoms with E-state index in [-0.39, 0.29) is 6.54 Å². The Hall–Kier alpha value is -2.71. The Morgan fingerprint density at radius 2 is 1.77 bits per heavy atom. The number of aryl methyl sites for hydroxylation is 1. The van der Waals surface area contributed by atoms with Crippen molar-refractivity contribution in [3.8, 4) is 0 Å². The third-order valence-corrected chi connectivity index (χ3v) is 6.45. The van der Waals surface area contributed by atoms with Crippen LogP contribution in [-0.4, -0.2) is 38.8 Å². The van der Waals surface area contributed by atoms with E-state index < -0.39 is 22.9 Å². The van der Waals surface area contributed by atoms with Gasteiger partial charge in [0.15, 0.2) is 5.72 Å². The SMILES string of the molecule is CCN(CC)C(C)(C)OC(=O)c1cc2c(=O)n(Cc3ccccc3)c(=O)n(C)c2s1. The fourth-order valence-electron chi connectivity index (χ4n) is 3.62. The van der Waals surface area contributed by atoms with Gasteiger partial charge < -0.3 is 4.74 Å². The zero-order valence-electron chi connectivity index (χ0n) is 18.0. The molecule has 7 nitrogen and oxygen atoms in total. The van der Waals surface area contributed by atoms with Gasteiger partial charge in [0.1, 0.15) is 9.71 Å². The molecule has 0 fully saturated rings. The Bertz CT molecular complexity index is 1170. The molecular weight excluding hydrogens is 402 g/mol. The van der Waals surface area contributed by atoms with Crippen LogP contribution in [0.4, 0.5) is 0 Å². The van der Waals surface area contributed by atoms with Crippen LogP contribution in [0.1, 0.15) is 42.9 Å². The molecule has 3 rings (SSSR count). The molecule has 0 bridgehead atoms. The van der Waals surface area contributed by atoms with Crippen LogP contribution in [0.3, 0.4) is 0 Å². The van der Waals surface area contributed by atoms with Crippen LogP contribution in [-0.2, 0) is 18.3 Å². The summed E-state index contributed by atoms with van der Waals surface area (Å²) in [5.74, 6) is -0.505. The number of benzene rings is 1. The summed E-state index contributed by atoms with van der Waals surface area (Å²) in [4.78, 5) is 41.4. The number of hydrogen-bond donors (Lipinski definition) is 0. The Morgan fingerprint density at radius 1 is 1.13 bits per heavy atom. The highest BCUT2D eigenvalue weighted by Crippen LogP contribution is 2.25. The van der Waals surface area contributed by atoms with Crippen LogP contribution in [0.15, 0.2) is 46.0 Å². The van der Waals surface area contributed by atoms with Crippen LogP contribution in [0.25, 0.3) is 10.2 Å². The minimum atomic E-state index is -0.782. The number of carbonyl (C=O) groups is 1. The molecule has 2 aromatic heterocycles. The van der Waals surface area contributed by atoms with Crippen LogP contribution in [0.2, 0.25) is 0 Å². The van der Waals surface area contributed by atoms with Crippen molar-refractivity contribution >= 4 is 27.5 Å². The lowest BCUT2D eigenvalue weighted by Crippen LogP contribution is -2.47. The predicted molar refractivity (Wildman–Crippen MR) is 119 cm³/mol. The number of hydrogen-bond acceptors (Lipinski definition) is 6. The second-order valence-corrected chi connectivity index (χ2v) is 8.59. The summed E-state index contributed by atoms with van der Waals surface area (Å²) in [6, 6.07) is 10.9. The lowest BCUT2D eigenvalue weighted by atomic mass is 10.2. The third-order valence-electron chi connectivity index (χ3n) is 5.26. The Balaban J connectivity index is 2.01. The monoisotopic (exact) mass is 429 g/mol. The fourth-order valence-corrected chi connectivity index (χ4v) is 4.60. The first-order valence-electron chi connectivity index (χ1n) is 9.95. The summed E-state index contributed by atoms with van der Waals surface area (Å²) >= 11 is 1.10. The van der Waals surface area contributed by atoms with Crippen molar-refractivity contribution in [3.05, 3.63) is 67.7 Å². The van der Waals surface area contributed by atoms with Gasteiger partial charge in [-0.25, -0.2) is 9.59 Å². The van der Waals surface area contributed by atoms with Crippen LogP contribution >= 0.6 is 11.3 Å². The predicted octanol–water partition coefficient (Wildman–Crippen LogP) is 3.04. The summed E-state index contributed by atoms with van der Waals surface area (Å²) in [5, 5.41) is 0.339. The maximum Gasteiger partial charge on any atom is 0.350 e. The minimum Gasteiger partial charge on any atom is -0.440 e. The number of nitrogens with zero attached hydrogens (tertiary/aromatic N) is 3. The van der Waals surface area contributed by atoms with E-state index in [9.17, 15) is 14.4 Å². The number of aromatic nitrogens is 2. The highest BCUT2D eigenvalue weighted by molar-refractivity contribution is 7.20. The Kier molecular flexibility index (Phi) is 6.28. The van der Waals surface area contributed by atoms with Gasteiger partial charge in [0.05, 0.1) is 11.9 Å². The van der Waals surface area contributed by atoms with Crippen LogP contribution in [0.5, 0.6) is 0 Å². The average molecular weight is 430 g/mol. The number of rotatable bonds is 7. The molecule has 0 saturated heterocycles. The molecular formula is C22H27N3O4S. The first kappa shape index (κ1) is 22.0. The van der Waals surface area contributed by atoms with E-state index in [2.05, 4.69) is 0 Å². The maximum atomic E-state index is 13.0. The lowest BCUT2D eigenvalue weighted by Gasteiger charge is -2.36. The minimum absolute atomic E-state index is 0.174. The molecule has 0 aliphatic carbocycles. The number of ether oxygens (including phenoxy) is 1. The molecule has 160 valence electrons. The molecule has 1 aromatic carbocycles. The van der Waals surface area contributed by atoms with Crippen molar-refractivity contribution in [1.29, 1.82) is 0 Å². The van der Waals surface area contributed by atoms with Gasteiger partial charge in [-0.1, -0.05) is 44.2 Å². The van der Waals surface area contributed by atoms with Gasteiger partial charge in [-0.2, -0.15) is 0 Å². The zero-order valence-corrected chi connectivity index (χ0v) is 18.8. The van der Waals surface area contributed by atoms with Crippen molar-refractivity contribution in [1.82, 2.24) is 14.0 Å². The molecule has 2 heterocycles. The lowest BCUT2D eigenvalue weighted by molar-refractivity contribution is -0.0901. The van der Waals surface area contributed by atoms with E-state index in [1.165, 1.54) is 15.2 Å². The van der Waals surface area contributed by atoms with Crippen molar-refractivity contribution in [2.75, 3.05) is 13.1 Å². The van der Waals surface area contributed by atoms with Gasteiger partial charge >= 0.3 is 11.7 Å². The summed E-state index contributed by atoms with van der Waals surface area (Å²) < 4.78 is 8.34. The van der Waals surface area contributed by atoms with E-state index in [1.807, 2.05) is 62.9 Å². The summed E-state index contributed by atoms with van der Waals surface area (Å²) in [6.07, 6.45) is 0.